The van der Waals surface area contributed by atoms with E-state index in [0.29, 0.717) is 15.7 Å². The molecule has 0 saturated heterocycles. The van der Waals surface area contributed by atoms with E-state index in [1.165, 1.54) is 11.8 Å². The summed E-state index contributed by atoms with van der Waals surface area (Å²) in [5.74, 6) is -0.0659. The molecule has 0 aromatic carbocycles. The average molecular weight is 305 g/mol. The van der Waals surface area contributed by atoms with Gasteiger partial charge in [0.2, 0.25) is 0 Å². The van der Waals surface area contributed by atoms with E-state index in [9.17, 15) is 4.79 Å². The van der Waals surface area contributed by atoms with E-state index in [0.717, 1.165) is 24.1 Å². The van der Waals surface area contributed by atoms with Crippen LogP contribution in [0.5, 0.6) is 0 Å². The Morgan fingerprint density at radius 1 is 1.43 bits per heavy atom. The maximum Gasteiger partial charge on any atom is 0.344 e. The largest absolute Gasteiger partial charge is 0.384 e. The molecule has 1 aliphatic rings. The summed E-state index contributed by atoms with van der Waals surface area (Å²) in [6.07, 6.45) is 1.95. The third kappa shape index (κ3) is 2.44. The lowest BCUT2D eigenvalue weighted by atomic mass is 10.1. The number of aryl methyl sites for hydroxylation is 1. The average Bonchev–Trinajstić information content (AvgIpc) is 3.19. The lowest BCUT2D eigenvalue weighted by Gasteiger charge is -2.10. The molecule has 1 fully saturated rings. The Labute approximate surface area is 124 Å². The Balaban J connectivity index is 2.05. The zero-order valence-corrected chi connectivity index (χ0v) is 12.5. The summed E-state index contributed by atoms with van der Waals surface area (Å²) in [6.45, 7) is 3.67. The van der Waals surface area contributed by atoms with E-state index in [4.69, 9.17) is 11.1 Å². The number of aromatic amines is 1. The van der Waals surface area contributed by atoms with Crippen LogP contribution in [0.25, 0.3) is 0 Å². The number of amidine groups is 1. The first-order valence-electron chi connectivity index (χ1n) is 6.52. The number of nitrogens with two attached hydrogens (primary N) is 1. The van der Waals surface area contributed by atoms with Crippen molar-refractivity contribution in [3.8, 4) is 0 Å². The van der Waals surface area contributed by atoms with Gasteiger partial charge in [-0.05, 0) is 44.0 Å². The minimum Gasteiger partial charge on any atom is -0.384 e. The Morgan fingerprint density at radius 2 is 2.14 bits per heavy atom. The van der Waals surface area contributed by atoms with Crippen molar-refractivity contribution in [2.45, 2.75) is 42.9 Å². The molecule has 0 spiro atoms. The molecule has 0 bridgehead atoms. The fourth-order valence-corrected chi connectivity index (χ4v) is 3.12. The molecule has 0 aliphatic heterocycles. The van der Waals surface area contributed by atoms with Crippen molar-refractivity contribution in [1.29, 1.82) is 5.41 Å². The fourth-order valence-electron chi connectivity index (χ4n) is 2.08. The van der Waals surface area contributed by atoms with Gasteiger partial charge in [-0.2, -0.15) is 5.10 Å². The Kier molecular flexibility index (Phi) is 3.28. The van der Waals surface area contributed by atoms with E-state index in [1.807, 2.05) is 13.8 Å². The number of rotatable bonds is 4. The highest BCUT2D eigenvalue weighted by atomic mass is 32.2. The molecule has 2 heterocycles. The van der Waals surface area contributed by atoms with Gasteiger partial charge in [0.1, 0.15) is 10.9 Å². The van der Waals surface area contributed by atoms with E-state index in [1.54, 1.807) is 4.57 Å². The van der Waals surface area contributed by atoms with E-state index >= 15 is 0 Å². The normalized spacial score (nSPS) is 14.4. The SMILES string of the molecule is Cc1nnc(Sc2n[nH]c(=O)n2C2CC2)c(C(=N)N)c1C. The van der Waals surface area contributed by atoms with Crippen molar-refractivity contribution in [2.75, 3.05) is 0 Å². The van der Waals surface area contributed by atoms with Gasteiger partial charge < -0.3 is 5.73 Å². The molecule has 1 saturated carbocycles. The van der Waals surface area contributed by atoms with Crippen LogP contribution in [-0.4, -0.2) is 30.8 Å². The molecule has 21 heavy (non-hydrogen) atoms. The third-order valence-electron chi connectivity index (χ3n) is 3.46. The quantitative estimate of drug-likeness (QED) is 0.565. The summed E-state index contributed by atoms with van der Waals surface area (Å²) in [4.78, 5) is 11.8. The van der Waals surface area contributed by atoms with Crippen molar-refractivity contribution in [1.82, 2.24) is 25.0 Å². The van der Waals surface area contributed by atoms with Gasteiger partial charge in [-0.15, -0.1) is 10.2 Å². The monoisotopic (exact) mass is 305 g/mol. The molecule has 110 valence electrons. The second kappa shape index (κ2) is 4.99. The Bertz CT molecular complexity index is 774. The lowest BCUT2D eigenvalue weighted by molar-refractivity contribution is 0.641. The van der Waals surface area contributed by atoms with Gasteiger partial charge in [-0.1, -0.05) is 0 Å². The maximum atomic E-state index is 11.8. The van der Waals surface area contributed by atoms with Gasteiger partial charge in [0.05, 0.1) is 11.3 Å². The van der Waals surface area contributed by atoms with Gasteiger partial charge >= 0.3 is 5.69 Å². The topological polar surface area (TPSA) is 126 Å². The number of aromatic nitrogens is 5. The second-order valence-electron chi connectivity index (χ2n) is 5.02. The van der Waals surface area contributed by atoms with Crippen molar-refractivity contribution in [3.05, 3.63) is 27.3 Å². The van der Waals surface area contributed by atoms with Crippen LogP contribution >= 0.6 is 11.8 Å². The van der Waals surface area contributed by atoms with E-state index in [-0.39, 0.29) is 17.6 Å². The molecule has 1 aliphatic carbocycles. The molecule has 0 atom stereocenters. The molecular formula is C12H15N7OS. The van der Waals surface area contributed by atoms with Gasteiger partial charge in [0.25, 0.3) is 0 Å². The van der Waals surface area contributed by atoms with E-state index in [2.05, 4.69) is 20.4 Å². The molecule has 2 aromatic heterocycles. The van der Waals surface area contributed by atoms with Crippen molar-refractivity contribution >= 4 is 17.6 Å². The molecule has 4 N–H and O–H groups in total. The molecule has 9 heteroatoms. The molecule has 0 radical (unpaired) electrons. The number of nitrogens with one attached hydrogen (secondary N) is 2. The number of nitrogen functional groups attached to an aromatic ring is 1. The maximum absolute atomic E-state index is 11.8. The predicted octanol–water partition coefficient (Wildman–Crippen LogP) is 0.748. The summed E-state index contributed by atoms with van der Waals surface area (Å²) in [5, 5.41) is 23.4. The van der Waals surface area contributed by atoms with Crippen molar-refractivity contribution in [2.24, 2.45) is 5.73 Å². The number of hydrogen-bond acceptors (Lipinski definition) is 6. The summed E-state index contributed by atoms with van der Waals surface area (Å²) in [7, 11) is 0. The van der Waals surface area contributed by atoms with Gasteiger partial charge in [0.15, 0.2) is 5.16 Å². The highest BCUT2D eigenvalue weighted by molar-refractivity contribution is 7.99. The molecule has 0 unspecified atom stereocenters. The number of hydrogen-bond donors (Lipinski definition) is 3. The van der Waals surface area contributed by atoms with Crippen LogP contribution in [0, 0.1) is 19.3 Å². The zero-order valence-electron chi connectivity index (χ0n) is 11.7. The molecule has 2 aromatic rings. The molecule has 3 rings (SSSR count). The highest BCUT2D eigenvalue weighted by Gasteiger charge is 2.29. The molecule has 0 amide bonds. The van der Waals surface area contributed by atoms with Gasteiger partial charge in [-0.25, -0.2) is 9.89 Å². The first kappa shape index (κ1) is 13.8. The van der Waals surface area contributed by atoms with Crippen LogP contribution in [0.1, 0.15) is 35.7 Å². The fraction of sp³-hybridized carbons (Fsp3) is 0.417. The number of nitrogens with zero attached hydrogens (tertiary/aromatic N) is 4. The summed E-state index contributed by atoms with van der Waals surface area (Å²) in [6, 6.07) is 0.207. The lowest BCUT2D eigenvalue weighted by Crippen LogP contribution is -2.18. The Hall–Kier alpha value is -2.16. The molecule has 8 nitrogen and oxygen atoms in total. The first-order chi connectivity index (χ1) is 9.99. The zero-order chi connectivity index (χ0) is 15.1. The van der Waals surface area contributed by atoms with Crippen LogP contribution in [0.4, 0.5) is 0 Å². The van der Waals surface area contributed by atoms with Crippen LogP contribution in [0.3, 0.4) is 0 Å². The minimum atomic E-state index is -0.221. The van der Waals surface area contributed by atoms with Crippen LogP contribution in [0.2, 0.25) is 0 Å². The van der Waals surface area contributed by atoms with Crippen LogP contribution in [-0.2, 0) is 0 Å². The van der Waals surface area contributed by atoms with Gasteiger partial charge in [-0.3, -0.25) is 9.98 Å². The van der Waals surface area contributed by atoms with Gasteiger partial charge in [0, 0.05) is 6.04 Å². The predicted molar refractivity (Wildman–Crippen MR) is 77.8 cm³/mol. The second-order valence-corrected chi connectivity index (χ2v) is 5.97. The van der Waals surface area contributed by atoms with Crippen molar-refractivity contribution < 1.29 is 0 Å². The third-order valence-corrected chi connectivity index (χ3v) is 4.41. The van der Waals surface area contributed by atoms with Crippen LogP contribution in [0.15, 0.2) is 15.0 Å². The number of H-pyrrole nitrogens is 1. The first-order valence-corrected chi connectivity index (χ1v) is 7.33. The summed E-state index contributed by atoms with van der Waals surface area (Å²) >= 11 is 1.21. The Morgan fingerprint density at radius 3 is 2.76 bits per heavy atom. The highest BCUT2D eigenvalue weighted by Crippen LogP contribution is 2.38. The van der Waals surface area contributed by atoms with E-state index < -0.39 is 0 Å². The summed E-state index contributed by atoms with van der Waals surface area (Å²) in [5.41, 5.74) is 7.53. The minimum absolute atomic E-state index is 0.0659. The van der Waals surface area contributed by atoms with Crippen LogP contribution < -0.4 is 11.4 Å². The standard InChI is InChI=1S/C12H15N7OS/c1-5-6(2)15-16-10(8(5)9(13)14)21-12-18-17-11(20)19(12)7-3-4-7/h7H,3-4H2,1-2H3,(H3,13,14)(H,17,20). The summed E-state index contributed by atoms with van der Waals surface area (Å²) < 4.78 is 1.63. The van der Waals surface area contributed by atoms with Crippen molar-refractivity contribution in [3.63, 3.8) is 0 Å². The molecular weight excluding hydrogens is 290 g/mol. The smallest absolute Gasteiger partial charge is 0.344 e.